The van der Waals surface area contributed by atoms with Crippen molar-refractivity contribution in [1.82, 2.24) is 4.90 Å². The highest BCUT2D eigenvalue weighted by molar-refractivity contribution is 6.09. The fourth-order valence-corrected chi connectivity index (χ4v) is 3.72. The molecule has 0 aromatic carbocycles. The third kappa shape index (κ3) is 1.57. The van der Waals surface area contributed by atoms with Gasteiger partial charge >= 0.3 is 5.97 Å². The van der Waals surface area contributed by atoms with Crippen molar-refractivity contribution in [3.8, 4) is 0 Å². The number of amides is 2. The van der Waals surface area contributed by atoms with E-state index in [0.29, 0.717) is 25.7 Å². The van der Waals surface area contributed by atoms with E-state index in [9.17, 15) is 19.5 Å². The lowest BCUT2D eigenvalue weighted by Gasteiger charge is -2.33. The highest BCUT2D eigenvalue weighted by Crippen LogP contribution is 2.44. The topological polar surface area (TPSA) is 74.7 Å². The summed E-state index contributed by atoms with van der Waals surface area (Å²) in [5, 5.41) is 9.53. The Morgan fingerprint density at radius 2 is 1.58 bits per heavy atom. The maximum Gasteiger partial charge on any atom is 0.330 e. The largest absolute Gasteiger partial charge is 0.479 e. The van der Waals surface area contributed by atoms with Crippen molar-refractivity contribution >= 4 is 17.8 Å². The van der Waals surface area contributed by atoms with Crippen molar-refractivity contribution in [2.24, 2.45) is 11.8 Å². The number of likely N-dealkylation sites (tertiary alicyclic amines) is 1. The van der Waals surface area contributed by atoms with Gasteiger partial charge in [0, 0.05) is 0 Å². The quantitative estimate of drug-likeness (QED) is 0.602. The molecule has 2 atom stereocenters. The summed E-state index contributed by atoms with van der Waals surface area (Å²) in [6.45, 7) is 0. The van der Waals surface area contributed by atoms with Gasteiger partial charge in [-0.2, -0.15) is 0 Å². The number of hydrogen-bond acceptors (Lipinski definition) is 3. The number of carbonyl (C=O) groups excluding carboxylic acids is 2. The molecule has 5 nitrogen and oxygen atoms in total. The fourth-order valence-electron chi connectivity index (χ4n) is 3.72. The molecule has 1 heterocycles. The summed E-state index contributed by atoms with van der Waals surface area (Å²) in [5.74, 6) is -2.26. The van der Waals surface area contributed by atoms with Crippen molar-refractivity contribution in [2.75, 3.05) is 0 Å². The zero-order valence-electron chi connectivity index (χ0n) is 10.7. The van der Waals surface area contributed by atoms with Crippen molar-refractivity contribution in [2.45, 2.75) is 44.1 Å². The molecule has 1 N–H and O–H groups in total. The summed E-state index contributed by atoms with van der Waals surface area (Å²) >= 11 is 0. The van der Waals surface area contributed by atoms with Gasteiger partial charge in [-0.05, 0) is 25.7 Å². The highest BCUT2D eigenvalue weighted by atomic mass is 16.4. The minimum Gasteiger partial charge on any atom is -0.479 e. The third-order valence-corrected chi connectivity index (χ3v) is 4.76. The SMILES string of the molecule is O=C1[C@H]2CC=CC[C@H]2C(=O)N1C1(C(=O)O)CCCC1. The van der Waals surface area contributed by atoms with Crippen molar-refractivity contribution in [1.29, 1.82) is 0 Å². The molecule has 102 valence electrons. The van der Waals surface area contributed by atoms with Crippen LogP contribution in [0.2, 0.25) is 0 Å². The molecule has 19 heavy (non-hydrogen) atoms. The first-order valence-corrected chi connectivity index (χ1v) is 6.84. The van der Waals surface area contributed by atoms with Gasteiger partial charge in [0.25, 0.3) is 0 Å². The first kappa shape index (κ1) is 12.4. The van der Waals surface area contributed by atoms with Crippen LogP contribution in [-0.4, -0.2) is 33.3 Å². The predicted octanol–water partition coefficient (Wildman–Crippen LogP) is 1.33. The first-order valence-electron chi connectivity index (χ1n) is 6.84. The standard InChI is InChI=1S/C14H17NO4/c16-11-9-5-1-2-6-10(9)12(17)15(11)14(13(18)19)7-3-4-8-14/h1-2,9-10H,3-8H2,(H,18,19)/t9-,10+. The van der Waals surface area contributed by atoms with E-state index in [1.54, 1.807) is 0 Å². The molecule has 2 amide bonds. The van der Waals surface area contributed by atoms with Gasteiger partial charge in [-0.25, -0.2) is 4.79 Å². The lowest BCUT2D eigenvalue weighted by atomic mass is 9.85. The molecule has 1 saturated heterocycles. The van der Waals surface area contributed by atoms with Crippen LogP contribution in [0, 0.1) is 11.8 Å². The number of rotatable bonds is 2. The van der Waals surface area contributed by atoms with E-state index in [2.05, 4.69) is 0 Å². The molecule has 0 spiro atoms. The van der Waals surface area contributed by atoms with Crippen LogP contribution in [0.5, 0.6) is 0 Å². The number of imide groups is 1. The van der Waals surface area contributed by atoms with Gasteiger partial charge in [-0.1, -0.05) is 25.0 Å². The first-order chi connectivity index (χ1) is 9.08. The van der Waals surface area contributed by atoms with Gasteiger partial charge in [-0.3, -0.25) is 14.5 Å². The molecule has 3 rings (SSSR count). The minimum atomic E-state index is -1.27. The number of aliphatic carboxylic acids is 1. The van der Waals surface area contributed by atoms with Crippen LogP contribution >= 0.6 is 0 Å². The second kappa shape index (κ2) is 4.18. The third-order valence-electron chi connectivity index (χ3n) is 4.76. The second-order valence-corrected chi connectivity index (χ2v) is 5.71. The van der Waals surface area contributed by atoms with Crippen molar-refractivity contribution in [3.05, 3.63) is 12.2 Å². The molecule has 0 aromatic heterocycles. The number of fused-ring (bicyclic) bond motifs is 1. The Labute approximate surface area is 111 Å². The van der Waals surface area contributed by atoms with Crippen molar-refractivity contribution < 1.29 is 19.5 Å². The molecular weight excluding hydrogens is 246 g/mol. The van der Waals surface area contributed by atoms with Gasteiger partial charge in [0.2, 0.25) is 11.8 Å². The number of carboxylic acid groups (broad SMARTS) is 1. The summed E-state index contributed by atoms with van der Waals surface area (Å²) in [4.78, 5) is 37.7. The van der Waals surface area contributed by atoms with Gasteiger partial charge < -0.3 is 5.11 Å². The summed E-state index contributed by atoms with van der Waals surface area (Å²) in [6.07, 6.45) is 7.26. The summed E-state index contributed by atoms with van der Waals surface area (Å²) in [6, 6.07) is 0. The predicted molar refractivity (Wildman–Crippen MR) is 66.0 cm³/mol. The Bertz CT molecular complexity index is 450. The lowest BCUT2D eigenvalue weighted by Crippen LogP contribution is -2.55. The zero-order valence-corrected chi connectivity index (χ0v) is 10.7. The van der Waals surface area contributed by atoms with E-state index in [4.69, 9.17) is 0 Å². The van der Waals surface area contributed by atoms with Crippen LogP contribution in [0.15, 0.2) is 12.2 Å². The molecule has 0 unspecified atom stereocenters. The van der Waals surface area contributed by atoms with E-state index in [-0.39, 0.29) is 23.7 Å². The maximum atomic E-state index is 12.5. The normalized spacial score (nSPS) is 32.7. The van der Waals surface area contributed by atoms with Gasteiger partial charge in [0.1, 0.15) is 5.54 Å². The Kier molecular flexibility index (Phi) is 2.73. The van der Waals surface area contributed by atoms with Crippen LogP contribution in [0.4, 0.5) is 0 Å². The molecule has 0 bridgehead atoms. The molecule has 1 saturated carbocycles. The number of carbonyl (C=O) groups is 3. The van der Waals surface area contributed by atoms with Crippen LogP contribution in [-0.2, 0) is 14.4 Å². The molecular formula is C14H17NO4. The summed E-state index contributed by atoms with van der Waals surface area (Å²) in [5.41, 5.74) is -1.27. The van der Waals surface area contributed by atoms with Crippen LogP contribution in [0.1, 0.15) is 38.5 Å². The Hall–Kier alpha value is -1.65. The zero-order chi connectivity index (χ0) is 13.6. The number of nitrogens with zero attached hydrogens (tertiary/aromatic N) is 1. The summed E-state index contributed by atoms with van der Waals surface area (Å²) < 4.78 is 0. The second-order valence-electron chi connectivity index (χ2n) is 5.71. The Morgan fingerprint density at radius 3 is 2.00 bits per heavy atom. The smallest absolute Gasteiger partial charge is 0.330 e. The molecule has 2 aliphatic carbocycles. The Morgan fingerprint density at radius 1 is 1.11 bits per heavy atom. The number of carboxylic acids is 1. The number of hydrogen-bond donors (Lipinski definition) is 1. The monoisotopic (exact) mass is 263 g/mol. The molecule has 1 aliphatic heterocycles. The Balaban J connectivity index is 1.99. The van der Waals surface area contributed by atoms with Crippen LogP contribution < -0.4 is 0 Å². The van der Waals surface area contributed by atoms with E-state index in [0.717, 1.165) is 17.7 Å². The van der Waals surface area contributed by atoms with Gasteiger partial charge in [-0.15, -0.1) is 0 Å². The minimum absolute atomic E-state index is 0.274. The molecule has 2 fully saturated rings. The van der Waals surface area contributed by atoms with Crippen LogP contribution in [0.25, 0.3) is 0 Å². The average molecular weight is 263 g/mol. The van der Waals surface area contributed by atoms with Gasteiger partial charge in [0.15, 0.2) is 0 Å². The van der Waals surface area contributed by atoms with Gasteiger partial charge in [0.05, 0.1) is 11.8 Å². The summed E-state index contributed by atoms with van der Waals surface area (Å²) in [7, 11) is 0. The lowest BCUT2D eigenvalue weighted by molar-refractivity contribution is -0.163. The van der Waals surface area contributed by atoms with E-state index in [1.165, 1.54) is 0 Å². The average Bonchev–Trinajstić information content (AvgIpc) is 2.97. The highest BCUT2D eigenvalue weighted by Gasteiger charge is 2.59. The van der Waals surface area contributed by atoms with E-state index >= 15 is 0 Å². The van der Waals surface area contributed by atoms with Crippen molar-refractivity contribution in [3.63, 3.8) is 0 Å². The molecule has 0 radical (unpaired) electrons. The van der Waals surface area contributed by atoms with Crippen LogP contribution in [0.3, 0.4) is 0 Å². The van der Waals surface area contributed by atoms with E-state index < -0.39 is 11.5 Å². The molecule has 3 aliphatic rings. The van der Waals surface area contributed by atoms with E-state index in [1.807, 2.05) is 12.2 Å². The molecule has 5 heteroatoms. The molecule has 0 aromatic rings. The number of allylic oxidation sites excluding steroid dienone is 2. The fraction of sp³-hybridized carbons (Fsp3) is 0.643. The maximum absolute atomic E-state index is 12.5.